The summed E-state index contributed by atoms with van der Waals surface area (Å²) in [6, 6.07) is 17.8. The second kappa shape index (κ2) is 17.0. The number of phenols is 2. The van der Waals surface area contributed by atoms with Gasteiger partial charge in [0.1, 0.15) is 0 Å². The molecule has 0 aliphatic heterocycles. The zero-order valence-electron chi connectivity index (χ0n) is 27.2. The molecule has 0 heterocycles. The van der Waals surface area contributed by atoms with Crippen molar-refractivity contribution < 1.29 is 48.1 Å². The van der Waals surface area contributed by atoms with E-state index in [9.17, 15) is 10.2 Å². The van der Waals surface area contributed by atoms with E-state index in [1.54, 1.807) is 66.9 Å². The van der Waals surface area contributed by atoms with Gasteiger partial charge in [-0.25, -0.2) is 0 Å². The molecule has 0 amide bonds. The van der Waals surface area contributed by atoms with Crippen LogP contribution in [0.2, 0.25) is 0 Å². The summed E-state index contributed by atoms with van der Waals surface area (Å²) in [5.41, 5.74) is 3.46. The molecule has 0 atom stereocenters. The van der Waals surface area contributed by atoms with Gasteiger partial charge in [-0.05, 0) is 70.8 Å². The summed E-state index contributed by atoms with van der Waals surface area (Å²) < 4.78 is 41.9. The van der Waals surface area contributed by atoms with Crippen molar-refractivity contribution in [2.45, 2.75) is 0 Å². The van der Waals surface area contributed by atoms with E-state index in [0.717, 1.165) is 22.3 Å². The lowest BCUT2D eigenvalue weighted by atomic mass is 10.1. The van der Waals surface area contributed by atoms with Crippen LogP contribution < -0.4 is 37.9 Å². The van der Waals surface area contributed by atoms with E-state index in [-0.39, 0.29) is 11.5 Å². The zero-order chi connectivity index (χ0) is 33.6. The molecular weight excluding hydrogens is 592 g/mol. The van der Waals surface area contributed by atoms with E-state index in [1.807, 2.05) is 60.7 Å². The predicted octanol–water partition coefficient (Wildman–Crippen LogP) is 7.19. The highest BCUT2D eigenvalue weighted by molar-refractivity contribution is 5.74. The van der Waals surface area contributed by atoms with Crippen LogP contribution in [0.5, 0.6) is 57.5 Å². The van der Waals surface area contributed by atoms with Crippen LogP contribution in [0.3, 0.4) is 0 Å². The third-order valence-electron chi connectivity index (χ3n) is 6.72. The Morgan fingerprint density at radius 1 is 0.348 bits per heavy atom. The van der Waals surface area contributed by atoms with Crippen molar-refractivity contribution in [1.29, 1.82) is 0 Å². The Balaban J connectivity index is 0.000000250. The number of rotatable bonds is 12. The summed E-state index contributed by atoms with van der Waals surface area (Å²) in [5, 5.41) is 19.6. The van der Waals surface area contributed by atoms with Crippen molar-refractivity contribution in [1.82, 2.24) is 0 Å². The Hall–Kier alpha value is -5.64. The zero-order valence-corrected chi connectivity index (χ0v) is 27.2. The molecule has 0 fully saturated rings. The van der Waals surface area contributed by atoms with Crippen molar-refractivity contribution in [3.05, 3.63) is 82.9 Å². The summed E-state index contributed by atoms with van der Waals surface area (Å²) in [5.74, 6) is 4.52. The summed E-state index contributed by atoms with van der Waals surface area (Å²) in [4.78, 5) is 0. The van der Waals surface area contributed by atoms with Gasteiger partial charge in [0.25, 0.3) is 0 Å². The SMILES string of the molecule is COc1ccc(/C=C/c2cc(OC)c(OC)c(OC)c2)cc1O.COc1ccc(/C=C\c2cc(OC)c(OC)c(OC)c2)cc1O. The van der Waals surface area contributed by atoms with E-state index in [1.165, 1.54) is 14.2 Å². The first-order valence-electron chi connectivity index (χ1n) is 14.0. The number of ether oxygens (including phenoxy) is 8. The highest BCUT2D eigenvalue weighted by Gasteiger charge is 2.13. The van der Waals surface area contributed by atoms with Crippen LogP contribution in [0.4, 0.5) is 0 Å². The molecule has 0 bridgehead atoms. The van der Waals surface area contributed by atoms with Gasteiger partial charge < -0.3 is 48.1 Å². The normalized spacial score (nSPS) is 10.6. The molecule has 4 aromatic rings. The molecule has 0 aliphatic carbocycles. The lowest BCUT2D eigenvalue weighted by Crippen LogP contribution is -1.95. The van der Waals surface area contributed by atoms with Gasteiger partial charge in [-0.15, -0.1) is 0 Å². The molecule has 10 nitrogen and oxygen atoms in total. The first-order chi connectivity index (χ1) is 22.2. The number of hydrogen-bond donors (Lipinski definition) is 2. The van der Waals surface area contributed by atoms with Gasteiger partial charge in [-0.3, -0.25) is 0 Å². The van der Waals surface area contributed by atoms with E-state index < -0.39 is 0 Å². The van der Waals surface area contributed by atoms with Crippen LogP contribution in [0.1, 0.15) is 22.3 Å². The molecule has 4 rings (SSSR count). The van der Waals surface area contributed by atoms with Gasteiger partial charge in [-0.2, -0.15) is 0 Å². The third kappa shape index (κ3) is 8.72. The van der Waals surface area contributed by atoms with Crippen LogP contribution in [-0.4, -0.2) is 67.1 Å². The average molecular weight is 633 g/mol. The number of hydrogen-bond acceptors (Lipinski definition) is 10. The minimum Gasteiger partial charge on any atom is -0.504 e. The van der Waals surface area contributed by atoms with Gasteiger partial charge in [0.2, 0.25) is 11.5 Å². The molecule has 0 aliphatic rings. The molecular formula is C36H40O10. The molecule has 2 N–H and O–H groups in total. The minimum atomic E-state index is 0.0968. The second-order valence-electron chi connectivity index (χ2n) is 9.45. The fourth-order valence-electron chi connectivity index (χ4n) is 4.40. The summed E-state index contributed by atoms with van der Waals surface area (Å²) >= 11 is 0. The quantitative estimate of drug-likeness (QED) is 0.156. The molecule has 0 saturated heterocycles. The molecule has 46 heavy (non-hydrogen) atoms. The molecule has 0 saturated carbocycles. The van der Waals surface area contributed by atoms with Crippen LogP contribution in [0, 0.1) is 0 Å². The monoisotopic (exact) mass is 632 g/mol. The number of methoxy groups -OCH3 is 8. The van der Waals surface area contributed by atoms with E-state index in [2.05, 4.69) is 0 Å². The maximum atomic E-state index is 9.81. The Kier molecular flexibility index (Phi) is 12.9. The van der Waals surface area contributed by atoms with Crippen molar-refractivity contribution in [3.63, 3.8) is 0 Å². The molecule has 10 heteroatoms. The van der Waals surface area contributed by atoms with Crippen molar-refractivity contribution in [2.75, 3.05) is 56.9 Å². The minimum absolute atomic E-state index is 0.0968. The molecule has 0 radical (unpaired) electrons. The van der Waals surface area contributed by atoms with Crippen LogP contribution in [0.25, 0.3) is 24.3 Å². The molecule has 0 spiro atoms. The summed E-state index contributed by atoms with van der Waals surface area (Å²) in [6.45, 7) is 0. The number of aromatic hydroxyl groups is 2. The molecule has 0 aromatic heterocycles. The Morgan fingerprint density at radius 3 is 0.870 bits per heavy atom. The average Bonchev–Trinajstić information content (AvgIpc) is 3.08. The fraction of sp³-hybridized carbons (Fsp3) is 0.222. The van der Waals surface area contributed by atoms with Crippen molar-refractivity contribution >= 4 is 24.3 Å². The summed E-state index contributed by atoms with van der Waals surface area (Å²) in [6.07, 6.45) is 7.54. The van der Waals surface area contributed by atoms with E-state index in [0.29, 0.717) is 46.0 Å². The number of phenolic OH excluding ortho intramolecular Hbond substituents is 2. The Morgan fingerprint density at radius 2 is 0.630 bits per heavy atom. The first-order valence-corrected chi connectivity index (χ1v) is 14.0. The highest BCUT2D eigenvalue weighted by Crippen LogP contribution is 2.40. The van der Waals surface area contributed by atoms with Gasteiger partial charge in [-0.1, -0.05) is 36.4 Å². The number of benzene rings is 4. The Bertz CT molecular complexity index is 1490. The van der Waals surface area contributed by atoms with Crippen molar-refractivity contribution in [3.8, 4) is 57.5 Å². The van der Waals surface area contributed by atoms with Gasteiger partial charge >= 0.3 is 0 Å². The molecule has 0 unspecified atom stereocenters. The molecule has 4 aromatic carbocycles. The topological polar surface area (TPSA) is 114 Å². The van der Waals surface area contributed by atoms with Gasteiger partial charge in [0.05, 0.1) is 56.9 Å². The van der Waals surface area contributed by atoms with Crippen LogP contribution in [0.15, 0.2) is 60.7 Å². The maximum Gasteiger partial charge on any atom is 0.203 e. The fourth-order valence-corrected chi connectivity index (χ4v) is 4.40. The maximum absolute atomic E-state index is 9.81. The lowest BCUT2D eigenvalue weighted by molar-refractivity contribution is 0.324. The lowest BCUT2D eigenvalue weighted by Gasteiger charge is -2.12. The largest absolute Gasteiger partial charge is 0.504 e. The third-order valence-corrected chi connectivity index (χ3v) is 6.72. The van der Waals surface area contributed by atoms with Crippen LogP contribution >= 0.6 is 0 Å². The van der Waals surface area contributed by atoms with Gasteiger partial charge in [0.15, 0.2) is 46.0 Å². The van der Waals surface area contributed by atoms with Crippen LogP contribution in [-0.2, 0) is 0 Å². The van der Waals surface area contributed by atoms with Gasteiger partial charge in [0, 0.05) is 0 Å². The highest BCUT2D eigenvalue weighted by atomic mass is 16.5. The van der Waals surface area contributed by atoms with E-state index >= 15 is 0 Å². The standard InChI is InChI=1S/2C18H20O5/c2*1-20-15-8-7-12(9-14(15)19)5-6-13-10-16(21-2)18(23-4)17(11-13)22-3/h2*5-11,19H,1-4H3/b6-5+;6-5-. The van der Waals surface area contributed by atoms with E-state index in [4.69, 9.17) is 37.9 Å². The Labute approximate surface area is 269 Å². The van der Waals surface area contributed by atoms with Crippen molar-refractivity contribution in [2.24, 2.45) is 0 Å². The summed E-state index contributed by atoms with van der Waals surface area (Å²) in [7, 11) is 12.5. The second-order valence-corrected chi connectivity index (χ2v) is 9.45. The molecule has 244 valence electrons. The first kappa shape index (κ1) is 34.8. The predicted molar refractivity (Wildman–Crippen MR) is 179 cm³/mol. The smallest absolute Gasteiger partial charge is 0.203 e.